The molecule has 0 spiro atoms. The zero-order chi connectivity index (χ0) is 11.7. The maximum absolute atomic E-state index is 13.5. The van der Waals surface area contributed by atoms with Crippen molar-refractivity contribution in [1.29, 1.82) is 0 Å². The Labute approximate surface area is 102 Å². The minimum Gasteiger partial charge on any atom is -0.380 e. The van der Waals surface area contributed by atoms with Gasteiger partial charge in [-0.15, -0.1) is 0 Å². The molecule has 1 N–H and O–H groups in total. The molecule has 2 atom stereocenters. The first-order valence-corrected chi connectivity index (χ1v) is 6.26. The Hall–Kier alpha value is -0.640. The first kappa shape index (κ1) is 11.8. The van der Waals surface area contributed by atoms with Crippen LogP contribution in [0.15, 0.2) is 16.6 Å². The SMILES string of the molecule is CC1CCC(Nc2cc(Br)c(F)cc2F)C1. The molecular weight excluding hydrogens is 276 g/mol. The lowest BCUT2D eigenvalue weighted by Crippen LogP contribution is -2.16. The number of rotatable bonds is 2. The van der Waals surface area contributed by atoms with Crippen molar-refractivity contribution in [2.75, 3.05) is 5.32 Å². The van der Waals surface area contributed by atoms with E-state index >= 15 is 0 Å². The first-order chi connectivity index (χ1) is 7.56. The third-order valence-corrected chi connectivity index (χ3v) is 3.67. The summed E-state index contributed by atoms with van der Waals surface area (Å²) in [5.41, 5.74) is 0.382. The molecule has 0 radical (unpaired) electrons. The Morgan fingerprint density at radius 1 is 1.25 bits per heavy atom. The van der Waals surface area contributed by atoms with E-state index in [9.17, 15) is 8.78 Å². The van der Waals surface area contributed by atoms with Crippen molar-refractivity contribution >= 4 is 21.6 Å². The molecule has 1 saturated carbocycles. The van der Waals surface area contributed by atoms with Crippen molar-refractivity contribution in [3.8, 4) is 0 Å². The van der Waals surface area contributed by atoms with E-state index in [4.69, 9.17) is 0 Å². The van der Waals surface area contributed by atoms with Gasteiger partial charge in [-0.1, -0.05) is 6.92 Å². The van der Waals surface area contributed by atoms with Crippen molar-refractivity contribution < 1.29 is 8.78 Å². The molecule has 4 heteroatoms. The van der Waals surface area contributed by atoms with Crippen LogP contribution in [0, 0.1) is 17.6 Å². The number of halogens is 3. The lowest BCUT2D eigenvalue weighted by atomic mass is 10.1. The molecule has 0 aromatic heterocycles. The van der Waals surface area contributed by atoms with Gasteiger partial charge in [0, 0.05) is 12.1 Å². The second-order valence-corrected chi connectivity index (χ2v) is 5.36. The van der Waals surface area contributed by atoms with E-state index in [1.165, 1.54) is 12.5 Å². The molecule has 2 unspecified atom stereocenters. The topological polar surface area (TPSA) is 12.0 Å². The molecular formula is C12H14BrF2N. The summed E-state index contributed by atoms with van der Waals surface area (Å²) >= 11 is 3.06. The van der Waals surface area contributed by atoms with Gasteiger partial charge in [-0.2, -0.15) is 0 Å². The maximum Gasteiger partial charge on any atom is 0.149 e. The molecule has 0 heterocycles. The monoisotopic (exact) mass is 289 g/mol. The van der Waals surface area contributed by atoms with Crippen molar-refractivity contribution in [2.45, 2.75) is 32.2 Å². The fourth-order valence-corrected chi connectivity index (χ4v) is 2.53. The van der Waals surface area contributed by atoms with Crippen molar-refractivity contribution in [1.82, 2.24) is 0 Å². The molecule has 0 saturated heterocycles. The quantitative estimate of drug-likeness (QED) is 0.799. The van der Waals surface area contributed by atoms with E-state index < -0.39 is 11.6 Å². The van der Waals surface area contributed by atoms with Crippen LogP contribution in [0.25, 0.3) is 0 Å². The Morgan fingerprint density at radius 2 is 2.00 bits per heavy atom. The highest BCUT2D eigenvalue weighted by Crippen LogP contribution is 2.30. The molecule has 1 nitrogen and oxygen atoms in total. The smallest absolute Gasteiger partial charge is 0.149 e. The van der Waals surface area contributed by atoms with Crippen LogP contribution in [0.2, 0.25) is 0 Å². The maximum atomic E-state index is 13.5. The lowest BCUT2D eigenvalue weighted by molar-refractivity contribution is 0.575. The van der Waals surface area contributed by atoms with E-state index in [-0.39, 0.29) is 0 Å². The molecule has 2 rings (SSSR count). The number of nitrogens with one attached hydrogen (secondary N) is 1. The molecule has 0 bridgehead atoms. The minimum absolute atomic E-state index is 0.294. The molecule has 88 valence electrons. The third kappa shape index (κ3) is 2.54. The van der Waals surface area contributed by atoms with E-state index in [1.54, 1.807) is 0 Å². The molecule has 1 aliphatic rings. The van der Waals surface area contributed by atoms with Crippen LogP contribution in [-0.4, -0.2) is 6.04 Å². The number of anilines is 1. The Balaban J connectivity index is 2.12. The first-order valence-electron chi connectivity index (χ1n) is 5.47. The van der Waals surface area contributed by atoms with Gasteiger partial charge >= 0.3 is 0 Å². The number of hydrogen-bond donors (Lipinski definition) is 1. The summed E-state index contributed by atoms with van der Waals surface area (Å²) in [7, 11) is 0. The summed E-state index contributed by atoms with van der Waals surface area (Å²) in [6.07, 6.45) is 3.27. The van der Waals surface area contributed by atoms with Crippen LogP contribution in [0.4, 0.5) is 14.5 Å². The van der Waals surface area contributed by atoms with Crippen molar-refractivity contribution in [3.63, 3.8) is 0 Å². The minimum atomic E-state index is -0.567. The van der Waals surface area contributed by atoms with Gasteiger partial charge in [-0.25, -0.2) is 8.78 Å². The zero-order valence-electron chi connectivity index (χ0n) is 9.06. The van der Waals surface area contributed by atoms with Gasteiger partial charge in [0.15, 0.2) is 0 Å². The van der Waals surface area contributed by atoms with Crippen LogP contribution in [-0.2, 0) is 0 Å². The van der Waals surface area contributed by atoms with E-state index in [0.717, 1.165) is 18.9 Å². The molecule has 16 heavy (non-hydrogen) atoms. The van der Waals surface area contributed by atoms with Gasteiger partial charge in [0.25, 0.3) is 0 Å². The number of hydrogen-bond acceptors (Lipinski definition) is 1. The molecule has 0 amide bonds. The standard InChI is InChI=1S/C12H14BrF2N/c1-7-2-3-8(4-7)16-12-5-9(13)10(14)6-11(12)15/h5-8,16H,2-4H2,1H3. The van der Waals surface area contributed by atoms with E-state index in [1.807, 2.05) is 0 Å². The Kier molecular flexibility index (Phi) is 3.47. The number of benzene rings is 1. The van der Waals surface area contributed by atoms with Crippen LogP contribution >= 0.6 is 15.9 Å². The second kappa shape index (κ2) is 4.70. The molecule has 1 aromatic carbocycles. The third-order valence-electron chi connectivity index (χ3n) is 3.06. The molecule has 1 aromatic rings. The van der Waals surface area contributed by atoms with Crippen LogP contribution in [0.1, 0.15) is 26.2 Å². The van der Waals surface area contributed by atoms with Crippen LogP contribution in [0.3, 0.4) is 0 Å². The van der Waals surface area contributed by atoms with Crippen molar-refractivity contribution in [2.24, 2.45) is 5.92 Å². The zero-order valence-corrected chi connectivity index (χ0v) is 10.7. The summed E-state index contributed by atoms with van der Waals surface area (Å²) in [6, 6.07) is 2.68. The normalized spacial score (nSPS) is 24.8. The predicted octanol–water partition coefficient (Wildman–Crippen LogP) is 4.33. The van der Waals surface area contributed by atoms with Gasteiger partial charge in [-0.05, 0) is 47.2 Å². The molecule has 1 fully saturated rings. The average molecular weight is 290 g/mol. The van der Waals surface area contributed by atoms with Crippen molar-refractivity contribution in [3.05, 3.63) is 28.2 Å². The summed E-state index contributed by atoms with van der Waals surface area (Å²) in [6.45, 7) is 2.19. The van der Waals surface area contributed by atoms with Crippen LogP contribution < -0.4 is 5.32 Å². The van der Waals surface area contributed by atoms with E-state index in [2.05, 4.69) is 28.2 Å². The molecule has 1 aliphatic carbocycles. The van der Waals surface area contributed by atoms with Gasteiger partial charge in [0.05, 0.1) is 10.2 Å². The molecule has 0 aliphatic heterocycles. The summed E-state index contributed by atoms with van der Waals surface area (Å²) < 4.78 is 26.8. The summed E-state index contributed by atoms with van der Waals surface area (Å²) in [5.74, 6) is -0.410. The Bertz CT molecular complexity index is 395. The fourth-order valence-electron chi connectivity index (χ4n) is 2.19. The fraction of sp³-hybridized carbons (Fsp3) is 0.500. The van der Waals surface area contributed by atoms with Gasteiger partial charge in [0.1, 0.15) is 11.6 Å². The lowest BCUT2D eigenvalue weighted by Gasteiger charge is -2.15. The van der Waals surface area contributed by atoms with Gasteiger partial charge in [0.2, 0.25) is 0 Å². The highest BCUT2D eigenvalue weighted by atomic mass is 79.9. The van der Waals surface area contributed by atoms with E-state index in [0.29, 0.717) is 22.1 Å². The largest absolute Gasteiger partial charge is 0.380 e. The second-order valence-electron chi connectivity index (χ2n) is 4.51. The highest BCUT2D eigenvalue weighted by molar-refractivity contribution is 9.10. The predicted molar refractivity (Wildman–Crippen MR) is 64.5 cm³/mol. The summed E-state index contributed by atoms with van der Waals surface area (Å²) in [4.78, 5) is 0. The highest BCUT2D eigenvalue weighted by Gasteiger charge is 2.22. The van der Waals surface area contributed by atoms with Gasteiger partial charge in [-0.3, -0.25) is 0 Å². The summed E-state index contributed by atoms with van der Waals surface area (Å²) in [5, 5.41) is 3.14. The average Bonchev–Trinajstić information content (AvgIpc) is 2.60. The van der Waals surface area contributed by atoms with Crippen LogP contribution in [0.5, 0.6) is 0 Å². The Morgan fingerprint density at radius 3 is 2.62 bits per heavy atom. The van der Waals surface area contributed by atoms with Gasteiger partial charge < -0.3 is 5.32 Å².